The van der Waals surface area contributed by atoms with Crippen molar-refractivity contribution in [1.82, 2.24) is 4.98 Å². The first kappa shape index (κ1) is 13.5. The summed E-state index contributed by atoms with van der Waals surface area (Å²) in [6.45, 7) is 0. The SMILES string of the molecule is [N-]=[N+]=Nc1ccc(NC(=O)Nc2ccc3cc[nH]c3c2)cc1. The minimum absolute atomic E-state index is 0.345. The van der Waals surface area contributed by atoms with Crippen LogP contribution in [0.3, 0.4) is 0 Å². The third-order valence-electron chi connectivity index (χ3n) is 3.10. The van der Waals surface area contributed by atoms with Crippen molar-refractivity contribution >= 4 is 34.0 Å². The summed E-state index contributed by atoms with van der Waals surface area (Å²) in [6, 6.07) is 13.8. The first-order valence-corrected chi connectivity index (χ1v) is 6.55. The van der Waals surface area contributed by atoms with Crippen molar-refractivity contribution < 1.29 is 4.79 Å². The summed E-state index contributed by atoms with van der Waals surface area (Å²) in [5, 5.41) is 10.0. The monoisotopic (exact) mass is 292 g/mol. The van der Waals surface area contributed by atoms with Crippen LogP contribution in [0.25, 0.3) is 21.3 Å². The average Bonchev–Trinajstić information content (AvgIpc) is 2.97. The lowest BCUT2D eigenvalue weighted by molar-refractivity contribution is 0.262. The maximum absolute atomic E-state index is 12.0. The molecule has 0 bridgehead atoms. The first-order valence-electron chi connectivity index (χ1n) is 6.55. The Labute approximate surface area is 125 Å². The maximum Gasteiger partial charge on any atom is 0.323 e. The van der Waals surface area contributed by atoms with E-state index in [1.54, 1.807) is 24.3 Å². The molecule has 22 heavy (non-hydrogen) atoms. The zero-order valence-corrected chi connectivity index (χ0v) is 11.4. The zero-order chi connectivity index (χ0) is 15.4. The molecule has 0 saturated carbocycles. The van der Waals surface area contributed by atoms with E-state index in [9.17, 15) is 4.79 Å². The van der Waals surface area contributed by atoms with E-state index in [1.165, 1.54) is 0 Å². The van der Waals surface area contributed by atoms with Crippen molar-refractivity contribution in [2.75, 3.05) is 10.6 Å². The number of nitrogens with one attached hydrogen (secondary N) is 3. The molecule has 2 aromatic carbocycles. The number of nitrogens with zero attached hydrogens (tertiary/aromatic N) is 3. The highest BCUT2D eigenvalue weighted by molar-refractivity contribution is 6.01. The predicted octanol–water partition coefficient (Wildman–Crippen LogP) is 4.75. The lowest BCUT2D eigenvalue weighted by Crippen LogP contribution is -2.19. The topological polar surface area (TPSA) is 106 Å². The lowest BCUT2D eigenvalue weighted by atomic mass is 10.2. The van der Waals surface area contributed by atoms with Crippen LogP contribution in [0.4, 0.5) is 21.9 Å². The number of hydrogen-bond donors (Lipinski definition) is 3. The molecular weight excluding hydrogens is 280 g/mol. The van der Waals surface area contributed by atoms with Crippen molar-refractivity contribution in [1.29, 1.82) is 0 Å². The summed E-state index contributed by atoms with van der Waals surface area (Å²) in [4.78, 5) is 17.7. The molecule has 3 N–H and O–H groups in total. The summed E-state index contributed by atoms with van der Waals surface area (Å²) in [6.07, 6.45) is 1.85. The number of aromatic amines is 1. The van der Waals surface area contributed by atoms with Gasteiger partial charge in [0.15, 0.2) is 0 Å². The molecule has 0 radical (unpaired) electrons. The van der Waals surface area contributed by atoms with Crippen molar-refractivity contribution in [3.05, 3.63) is 65.2 Å². The number of fused-ring (bicyclic) bond motifs is 1. The Bertz CT molecular complexity index is 861. The van der Waals surface area contributed by atoms with Crippen LogP contribution in [-0.4, -0.2) is 11.0 Å². The minimum atomic E-state index is -0.345. The van der Waals surface area contributed by atoms with E-state index < -0.39 is 0 Å². The predicted molar refractivity (Wildman–Crippen MR) is 86.2 cm³/mol. The van der Waals surface area contributed by atoms with Gasteiger partial charge in [-0.25, -0.2) is 4.79 Å². The van der Waals surface area contributed by atoms with Crippen molar-refractivity contribution in [2.45, 2.75) is 0 Å². The Kier molecular flexibility index (Phi) is 3.63. The van der Waals surface area contributed by atoms with E-state index in [2.05, 4.69) is 25.6 Å². The number of rotatable bonds is 3. The highest BCUT2D eigenvalue weighted by atomic mass is 16.2. The molecule has 7 nitrogen and oxygen atoms in total. The summed E-state index contributed by atoms with van der Waals surface area (Å²) in [5.41, 5.74) is 11.1. The van der Waals surface area contributed by atoms with Gasteiger partial charge < -0.3 is 15.6 Å². The summed E-state index contributed by atoms with van der Waals surface area (Å²) >= 11 is 0. The van der Waals surface area contributed by atoms with Crippen LogP contribution in [0.1, 0.15) is 0 Å². The third-order valence-corrected chi connectivity index (χ3v) is 3.10. The Morgan fingerprint density at radius 1 is 1.05 bits per heavy atom. The molecule has 1 aromatic heterocycles. The van der Waals surface area contributed by atoms with Crippen molar-refractivity contribution in [2.24, 2.45) is 5.11 Å². The van der Waals surface area contributed by atoms with Crippen LogP contribution >= 0.6 is 0 Å². The van der Waals surface area contributed by atoms with Crippen LogP contribution in [0.2, 0.25) is 0 Å². The maximum atomic E-state index is 12.0. The Morgan fingerprint density at radius 3 is 2.55 bits per heavy atom. The highest BCUT2D eigenvalue weighted by Crippen LogP contribution is 2.19. The molecule has 7 heteroatoms. The smallest absolute Gasteiger partial charge is 0.323 e. The second-order valence-corrected chi connectivity index (χ2v) is 4.60. The van der Waals surface area contributed by atoms with E-state index >= 15 is 0 Å². The van der Waals surface area contributed by atoms with Gasteiger partial charge in [0.25, 0.3) is 0 Å². The van der Waals surface area contributed by atoms with Gasteiger partial charge in [-0.2, -0.15) is 0 Å². The zero-order valence-electron chi connectivity index (χ0n) is 11.4. The highest BCUT2D eigenvalue weighted by Gasteiger charge is 2.04. The molecule has 0 aliphatic heterocycles. The van der Waals surface area contributed by atoms with Crippen LogP contribution in [0.5, 0.6) is 0 Å². The first-order chi connectivity index (χ1) is 10.7. The van der Waals surface area contributed by atoms with E-state index in [0.29, 0.717) is 17.1 Å². The Balaban J connectivity index is 1.67. The van der Waals surface area contributed by atoms with Gasteiger partial charge in [0.1, 0.15) is 0 Å². The van der Waals surface area contributed by atoms with Gasteiger partial charge >= 0.3 is 6.03 Å². The van der Waals surface area contributed by atoms with Crippen molar-refractivity contribution in [3.63, 3.8) is 0 Å². The lowest BCUT2D eigenvalue weighted by Gasteiger charge is -2.08. The molecule has 3 aromatic rings. The second kappa shape index (κ2) is 5.90. The van der Waals surface area contributed by atoms with Gasteiger partial charge in [-0.3, -0.25) is 0 Å². The molecule has 3 rings (SSSR count). The molecule has 2 amide bonds. The summed E-state index contributed by atoms with van der Waals surface area (Å²) < 4.78 is 0. The standard InChI is InChI=1S/C15H12N6O/c16-21-20-12-5-3-11(4-6-12)18-15(22)19-13-2-1-10-7-8-17-14(10)9-13/h1-9,17H,(H2,18,19,22). The molecular formula is C15H12N6O. The molecule has 1 heterocycles. The van der Waals surface area contributed by atoms with E-state index in [-0.39, 0.29) is 6.03 Å². The summed E-state index contributed by atoms with van der Waals surface area (Å²) in [7, 11) is 0. The van der Waals surface area contributed by atoms with E-state index in [4.69, 9.17) is 5.53 Å². The summed E-state index contributed by atoms with van der Waals surface area (Å²) in [5.74, 6) is 0. The number of anilines is 2. The molecule has 0 aliphatic carbocycles. The second-order valence-electron chi connectivity index (χ2n) is 4.60. The average molecular weight is 292 g/mol. The molecule has 0 atom stereocenters. The van der Waals surface area contributed by atoms with Crippen LogP contribution in [0.15, 0.2) is 59.8 Å². The molecule has 108 valence electrons. The molecule has 0 aliphatic rings. The van der Waals surface area contributed by atoms with Gasteiger partial charge in [0, 0.05) is 33.7 Å². The fraction of sp³-hybridized carbons (Fsp3) is 0. The van der Waals surface area contributed by atoms with Crippen LogP contribution in [-0.2, 0) is 0 Å². The quantitative estimate of drug-likeness (QED) is 0.361. The Morgan fingerprint density at radius 2 is 1.77 bits per heavy atom. The fourth-order valence-electron chi connectivity index (χ4n) is 2.08. The van der Waals surface area contributed by atoms with E-state index in [0.717, 1.165) is 10.9 Å². The van der Waals surface area contributed by atoms with Gasteiger partial charge in [0.2, 0.25) is 0 Å². The molecule has 0 saturated heterocycles. The normalized spacial score (nSPS) is 10.0. The minimum Gasteiger partial charge on any atom is -0.361 e. The Hall–Kier alpha value is -3.44. The van der Waals surface area contributed by atoms with Crippen LogP contribution < -0.4 is 10.6 Å². The van der Waals surface area contributed by atoms with Gasteiger partial charge in [-0.05, 0) is 41.2 Å². The number of urea groups is 1. The number of benzene rings is 2. The molecule has 0 unspecified atom stereocenters. The molecule has 0 spiro atoms. The van der Waals surface area contributed by atoms with Gasteiger partial charge in [-0.15, -0.1) is 0 Å². The number of H-pyrrole nitrogens is 1. The van der Waals surface area contributed by atoms with E-state index in [1.807, 2.05) is 30.5 Å². The fourth-order valence-corrected chi connectivity index (χ4v) is 2.08. The number of aromatic nitrogens is 1. The van der Waals surface area contributed by atoms with Gasteiger partial charge in [0.05, 0.1) is 0 Å². The largest absolute Gasteiger partial charge is 0.361 e. The van der Waals surface area contributed by atoms with Gasteiger partial charge in [-0.1, -0.05) is 23.3 Å². The van der Waals surface area contributed by atoms with Crippen molar-refractivity contribution in [3.8, 4) is 0 Å². The number of azide groups is 1. The molecule has 0 fully saturated rings. The number of carbonyl (C=O) groups excluding carboxylic acids is 1. The van der Waals surface area contributed by atoms with Crippen LogP contribution in [0, 0.1) is 0 Å². The number of amides is 2. The number of carbonyl (C=O) groups is 1. The number of hydrogen-bond acceptors (Lipinski definition) is 2. The third kappa shape index (κ3) is 3.00.